The van der Waals surface area contributed by atoms with Crippen molar-refractivity contribution in [2.45, 2.75) is 25.9 Å². The fraction of sp³-hybridized carbons (Fsp3) is 0.286. The Kier molecular flexibility index (Phi) is 5.18. The Morgan fingerprint density at radius 3 is 2.43 bits per heavy atom. The Morgan fingerprint density at radius 2 is 1.79 bits per heavy atom. The lowest BCUT2D eigenvalue weighted by Crippen LogP contribution is -2.43. The Balaban J connectivity index is 1.72. The van der Waals surface area contributed by atoms with Crippen LogP contribution in [0, 0.1) is 12.7 Å². The summed E-state index contributed by atoms with van der Waals surface area (Å²) < 4.78 is 13.2. The van der Waals surface area contributed by atoms with E-state index in [9.17, 15) is 18.8 Å². The van der Waals surface area contributed by atoms with E-state index < -0.39 is 23.3 Å². The standard InChI is InChI=1S/C21H22FN3O3/c1-14-6-4-5-7-15(14)12-24(3)18(26)13-25-19(27)21(2,23-20(25)28)16-8-10-17(22)11-9-16/h4-11H,12-13H2,1-3H3,(H,23,28). The molecule has 0 aliphatic carbocycles. The number of nitrogens with zero attached hydrogens (tertiary/aromatic N) is 2. The number of likely N-dealkylation sites (N-methyl/N-ethyl adjacent to an activating group) is 1. The zero-order chi connectivity index (χ0) is 20.5. The molecule has 3 rings (SSSR count). The molecule has 0 saturated carbocycles. The first-order chi connectivity index (χ1) is 13.2. The zero-order valence-electron chi connectivity index (χ0n) is 16.0. The molecule has 0 spiro atoms. The lowest BCUT2D eigenvalue weighted by Gasteiger charge is -2.23. The van der Waals surface area contributed by atoms with Crippen LogP contribution < -0.4 is 5.32 Å². The van der Waals surface area contributed by atoms with E-state index in [0.717, 1.165) is 16.0 Å². The number of nitrogens with one attached hydrogen (secondary N) is 1. The van der Waals surface area contributed by atoms with Crippen LogP contribution in [-0.4, -0.2) is 41.2 Å². The van der Waals surface area contributed by atoms with E-state index in [1.54, 1.807) is 14.0 Å². The molecule has 1 aliphatic rings. The third-order valence-electron chi connectivity index (χ3n) is 5.08. The number of carbonyl (C=O) groups excluding carboxylic acids is 3. The predicted molar refractivity (Wildman–Crippen MR) is 102 cm³/mol. The molecule has 1 aliphatic heterocycles. The number of aryl methyl sites for hydroxylation is 1. The second kappa shape index (κ2) is 7.42. The van der Waals surface area contributed by atoms with Crippen LogP contribution in [0.1, 0.15) is 23.6 Å². The van der Waals surface area contributed by atoms with E-state index >= 15 is 0 Å². The van der Waals surface area contributed by atoms with Gasteiger partial charge in [-0.25, -0.2) is 9.18 Å². The molecule has 1 atom stereocenters. The monoisotopic (exact) mass is 383 g/mol. The van der Waals surface area contributed by atoms with Crippen LogP contribution >= 0.6 is 0 Å². The van der Waals surface area contributed by atoms with Crippen LogP contribution in [0.3, 0.4) is 0 Å². The minimum Gasteiger partial charge on any atom is -0.340 e. The molecule has 7 heteroatoms. The van der Waals surface area contributed by atoms with Gasteiger partial charge in [0.05, 0.1) is 0 Å². The SMILES string of the molecule is Cc1ccccc1CN(C)C(=O)CN1C(=O)NC(C)(c2ccc(F)cc2)C1=O. The summed E-state index contributed by atoms with van der Waals surface area (Å²) >= 11 is 0. The van der Waals surface area contributed by atoms with Gasteiger partial charge in [-0.05, 0) is 42.7 Å². The van der Waals surface area contributed by atoms with Gasteiger partial charge in [0.25, 0.3) is 5.91 Å². The van der Waals surface area contributed by atoms with E-state index in [-0.39, 0.29) is 12.5 Å². The first-order valence-electron chi connectivity index (χ1n) is 8.91. The quantitative estimate of drug-likeness (QED) is 0.807. The van der Waals surface area contributed by atoms with Gasteiger partial charge in [-0.3, -0.25) is 14.5 Å². The highest BCUT2D eigenvalue weighted by Gasteiger charge is 2.49. The van der Waals surface area contributed by atoms with Gasteiger partial charge in [0.1, 0.15) is 17.9 Å². The van der Waals surface area contributed by atoms with Gasteiger partial charge in [0.2, 0.25) is 5.91 Å². The molecule has 2 aromatic carbocycles. The van der Waals surface area contributed by atoms with Crippen LogP contribution in [0.2, 0.25) is 0 Å². The minimum absolute atomic E-state index is 0.352. The van der Waals surface area contributed by atoms with E-state index in [1.165, 1.54) is 29.2 Å². The summed E-state index contributed by atoms with van der Waals surface area (Å²) in [4.78, 5) is 40.2. The minimum atomic E-state index is -1.33. The number of carbonyl (C=O) groups is 3. The van der Waals surface area contributed by atoms with Crippen molar-refractivity contribution in [2.24, 2.45) is 0 Å². The molecule has 6 nitrogen and oxygen atoms in total. The van der Waals surface area contributed by atoms with Gasteiger partial charge < -0.3 is 10.2 Å². The highest BCUT2D eigenvalue weighted by atomic mass is 19.1. The number of hydrogen-bond donors (Lipinski definition) is 1. The van der Waals surface area contributed by atoms with Gasteiger partial charge in [-0.15, -0.1) is 0 Å². The number of benzene rings is 2. The molecule has 1 fully saturated rings. The number of imide groups is 1. The van der Waals surface area contributed by atoms with Gasteiger partial charge in [0, 0.05) is 13.6 Å². The molecular formula is C21H22FN3O3. The van der Waals surface area contributed by atoms with Gasteiger partial charge in [-0.2, -0.15) is 0 Å². The largest absolute Gasteiger partial charge is 0.340 e. The summed E-state index contributed by atoms with van der Waals surface area (Å²) in [6.07, 6.45) is 0. The van der Waals surface area contributed by atoms with Crippen molar-refractivity contribution < 1.29 is 18.8 Å². The lowest BCUT2D eigenvalue weighted by molar-refractivity contribution is -0.138. The Bertz CT molecular complexity index is 929. The molecule has 1 saturated heterocycles. The summed E-state index contributed by atoms with van der Waals surface area (Å²) in [5.74, 6) is -1.33. The first-order valence-corrected chi connectivity index (χ1v) is 8.91. The van der Waals surface area contributed by atoms with Crippen molar-refractivity contribution in [3.63, 3.8) is 0 Å². The summed E-state index contributed by atoms with van der Waals surface area (Å²) in [6, 6.07) is 12.4. The summed E-state index contributed by atoms with van der Waals surface area (Å²) in [5, 5.41) is 2.61. The molecule has 146 valence electrons. The van der Waals surface area contributed by atoms with Crippen LogP contribution in [-0.2, 0) is 21.7 Å². The third kappa shape index (κ3) is 3.60. The maximum Gasteiger partial charge on any atom is 0.325 e. The number of amides is 4. The van der Waals surface area contributed by atoms with Gasteiger partial charge >= 0.3 is 6.03 Å². The maximum atomic E-state index is 13.2. The van der Waals surface area contributed by atoms with Crippen molar-refractivity contribution in [2.75, 3.05) is 13.6 Å². The molecule has 1 heterocycles. The van der Waals surface area contributed by atoms with Crippen molar-refractivity contribution in [1.29, 1.82) is 0 Å². The van der Waals surface area contributed by atoms with Crippen molar-refractivity contribution in [3.8, 4) is 0 Å². The molecule has 1 N–H and O–H groups in total. The molecular weight excluding hydrogens is 361 g/mol. The number of rotatable bonds is 5. The first kappa shape index (κ1) is 19.5. The topological polar surface area (TPSA) is 69.7 Å². The molecule has 1 unspecified atom stereocenters. The second-order valence-corrected chi connectivity index (χ2v) is 7.13. The summed E-state index contributed by atoms with van der Waals surface area (Å²) in [7, 11) is 1.63. The van der Waals surface area contributed by atoms with Crippen molar-refractivity contribution in [3.05, 3.63) is 71.0 Å². The molecule has 2 aromatic rings. The van der Waals surface area contributed by atoms with Crippen LogP contribution in [0.15, 0.2) is 48.5 Å². The van der Waals surface area contributed by atoms with E-state index in [4.69, 9.17) is 0 Å². The number of hydrogen-bond acceptors (Lipinski definition) is 3. The molecule has 0 bridgehead atoms. The molecule has 0 aromatic heterocycles. The number of urea groups is 1. The summed E-state index contributed by atoms with van der Waals surface area (Å²) in [6.45, 7) is 3.52. The fourth-order valence-electron chi connectivity index (χ4n) is 3.21. The van der Waals surface area contributed by atoms with Crippen LogP contribution in [0.25, 0.3) is 0 Å². The van der Waals surface area contributed by atoms with E-state index in [2.05, 4.69) is 5.32 Å². The fourth-order valence-corrected chi connectivity index (χ4v) is 3.21. The maximum absolute atomic E-state index is 13.2. The van der Waals surface area contributed by atoms with Gasteiger partial charge in [-0.1, -0.05) is 36.4 Å². The number of halogens is 1. The molecule has 0 radical (unpaired) electrons. The van der Waals surface area contributed by atoms with Crippen LogP contribution in [0.4, 0.5) is 9.18 Å². The van der Waals surface area contributed by atoms with E-state index in [1.807, 2.05) is 31.2 Å². The predicted octanol–water partition coefficient (Wildman–Crippen LogP) is 2.56. The smallest absolute Gasteiger partial charge is 0.325 e. The van der Waals surface area contributed by atoms with Crippen molar-refractivity contribution >= 4 is 17.8 Å². The highest BCUT2D eigenvalue weighted by molar-refractivity contribution is 6.09. The molecule has 4 amide bonds. The van der Waals surface area contributed by atoms with E-state index in [0.29, 0.717) is 12.1 Å². The normalized spacial score (nSPS) is 18.9. The Hall–Kier alpha value is -3.22. The Morgan fingerprint density at radius 1 is 1.14 bits per heavy atom. The highest BCUT2D eigenvalue weighted by Crippen LogP contribution is 2.29. The third-order valence-corrected chi connectivity index (χ3v) is 5.08. The average Bonchev–Trinajstić information content (AvgIpc) is 2.88. The molecule has 28 heavy (non-hydrogen) atoms. The van der Waals surface area contributed by atoms with Gasteiger partial charge in [0.15, 0.2) is 0 Å². The summed E-state index contributed by atoms with van der Waals surface area (Å²) in [5.41, 5.74) is 1.17. The Labute approximate surface area is 162 Å². The average molecular weight is 383 g/mol. The van der Waals surface area contributed by atoms with Crippen LogP contribution in [0.5, 0.6) is 0 Å². The zero-order valence-corrected chi connectivity index (χ0v) is 16.0. The lowest BCUT2D eigenvalue weighted by atomic mass is 9.92. The van der Waals surface area contributed by atoms with Crippen molar-refractivity contribution in [1.82, 2.24) is 15.1 Å². The second-order valence-electron chi connectivity index (χ2n) is 7.13.